The Morgan fingerprint density at radius 2 is 2.18 bits per heavy atom. The van der Waals surface area contributed by atoms with Crippen LogP contribution >= 0.6 is 0 Å². The molecule has 0 bridgehead atoms. The van der Waals surface area contributed by atoms with E-state index in [4.69, 9.17) is 0 Å². The molecule has 1 unspecified atom stereocenters. The first kappa shape index (κ1) is 6.22. The minimum absolute atomic E-state index is 0.129. The van der Waals surface area contributed by atoms with Gasteiger partial charge in [0, 0.05) is 12.4 Å². The van der Waals surface area contributed by atoms with Gasteiger partial charge in [-0.1, -0.05) is 6.08 Å². The Balaban J connectivity index is 2.43. The Morgan fingerprint density at radius 1 is 1.27 bits per heavy atom. The van der Waals surface area contributed by atoms with Gasteiger partial charge in [0.1, 0.15) is 5.92 Å². The van der Waals surface area contributed by atoms with Crippen LogP contribution in [-0.4, -0.2) is 18.3 Å². The SMILES string of the molecule is O=C1N=CC=C2N=CC=CC12. The van der Waals surface area contributed by atoms with E-state index in [1.54, 1.807) is 24.4 Å². The van der Waals surface area contributed by atoms with Crippen LogP contribution in [0.1, 0.15) is 0 Å². The van der Waals surface area contributed by atoms with E-state index in [0.717, 1.165) is 5.70 Å². The van der Waals surface area contributed by atoms with Gasteiger partial charge >= 0.3 is 0 Å². The summed E-state index contributed by atoms with van der Waals surface area (Å²) in [6, 6.07) is 0. The molecule has 0 N–H and O–H groups in total. The van der Waals surface area contributed by atoms with Gasteiger partial charge < -0.3 is 0 Å². The van der Waals surface area contributed by atoms with Crippen LogP contribution < -0.4 is 0 Å². The highest BCUT2D eigenvalue weighted by Crippen LogP contribution is 2.20. The summed E-state index contributed by atoms with van der Waals surface area (Å²) < 4.78 is 0. The lowest BCUT2D eigenvalue weighted by molar-refractivity contribution is -0.119. The maximum atomic E-state index is 11.1. The van der Waals surface area contributed by atoms with Gasteiger partial charge in [0.05, 0.1) is 5.70 Å². The number of hydrogen-bond acceptors (Lipinski definition) is 2. The average molecular weight is 146 g/mol. The van der Waals surface area contributed by atoms with Crippen molar-refractivity contribution in [1.29, 1.82) is 0 Å². The third kappa shape index (κ3) is 0.941. The quantitative estimate of drug-likeness (QED) is 0.497. The minimum atomic E-state index is -0.231. The molecule has 2 heterocycles. The second kappa shape index (κ2) is 2.27. The van der Waals surface area contributed by atoms with Gasteiger partial charge in [-0.15, -0.1) is 0 Å². The molecule has 1 atom stereocenters. The molecule has 0 saturated heterocycles. The number of carbonyl (C=O) groups is 1. The topological polar surface area (TPSA) is 41.8 Å². The summed E-state index contributed by atoms with van der Waals surface area (Å²) >= 11 is 0. The Labute approximate surface area is 63.9 Å². The summed E-state index contributed by atoms with van der Waals surface area (Å²) in [6.45, 7) is 0. The van der Waals surface area contributed by atoms with Crippen molar-refractivity contribution in [3.63, 3.8) is 0 Å². The van der Waals surface area contributed by atoms with Crippen LogP contribution in [0.25, 0.3) is 0 Å². The van der Waals surface area contributed by atoms with Crippen molar-refractivity contribution in [3.8, 4) is 0 Å². The summed E-state index contributed by atoms with van der Waals surface area (Å²) in [4.78, 5) is 18.8. The lowest BCUT2D eigenvalue weighted by Crippen LogP contribution is -2.16. The number of carbonyl (C=O) groups excluding carboxylic acids is 1. The van der Waals surface area contributed by atoms with Crippen LogP contribution in [0.2, 0.25) is 0 Å². The molecule has 0 aromatic carbocycles. The molecule has 3 heteroatoms. The lowest BCUT2D eigenvalue weighted by atomic mass is 10.0. The lowest BCUT2D eigenvalue weighted by Gasteiger charge is -2.13. The van der Waals surface area contributed by atoms with Crippen molar-refractivity contribution in [2.45, 2.75) is 0 Å². The summed E-state index contributed by atoms with van der Waals surface area (Å²) in [6.07, 6.45) is 8.49. The molecule has 0 fully saturated rings. The van der Waals surface area contributed by atoms with Crippen LogP contribution in [-0.2, 0) is 4.79 Å². The normalized spacial score (nSPS) is 26.7. The van der Waals surface area contributed by atoms with Gasteiger partial charge in [0.2, 0.25) is 0 Å². The molecule has 11 heavy (non-hydrogen) atoms. The van der Waals surface area contributed by atoms with Crippen LogP contribution in [0.15, 0.2) is 33.9 Å². The molecule has 0 radical (unpaired) electrons. The van der Waals surface area contributed by atoms with Crippen molar-refractivity contribution in [1.82, 2.24) is 0 Å². The van der Waals surface area contributed by atoms with Crippen LogP contribution in [0.4, 0.5) is 0 Å². The van der Waals surface area contributed by atoms with Crippen LogP contribution in [0.5, 0.6) is 0 Å². The fraction of sp³-hybridized carbons (Fsp3) is 0.125. The highest BCUT2D eigenvalue weighted by atomic mass is 16.1. The first-order chi connectivity index (χ1) is 5.38. The summed E-state index contributed by atoms with van der Waals surface area (Å²) in [5, 5.41) is 0. The van der Waals surface area contributed by atoms with E-state index in [9.17, 15) is 4.79 Å². The molecule has 0 aliphatic carbocycles. The summed E-state index contributed by atoms with van der Waals surface area (Å²) in [5.74, 6) is -0.361. The smallest absolute Gasteiger partial charge is 0.258 e. The number of hydrogen-bond donors (Lipinski definition) is 0. The number of aliphatic imine (C=N–C) groups is 2. The van der Waals surface area contributed by atoms with Crippen LogP contribution in [0.3, 0.4) is 0 Å². The standard InChI is InChI=1S/C8H6N2O/c11-8-6-2-1-4-9-7(6)3-5-10-8/h1-6H. The molecule has 0 spiro atoms. The van der Waals surface area contributed by atoms with Crippen molar-refractivity contribution in [2.24, 2.45) is 15.9 Å². The molecular weight excluding hydrogens is 140 g/mol. The maximum Gasteiger partial charge on any atom is 0.258 e. The number of nitrogens with zero attached hydrogens (tertiary/aromatic N) is 2. The Bertz CT molecular complexity index is 310. The van der Waals surface area contributed by atoms with E-state index in [2.05, 4.69) is 9.98 Å². The zero-order chi connectivity index (χ0) is 7.68. The van der Waals surface area contributed by atoms with Crippen LogP contribution in [0, 0.1) is 5.92 Å². The molecule has 2 aliphatic heterocycles. The predicted octanol–water partition coefficient (Wildman–Crippen LogP) is 0.738. The van der Waals surface area contributed by atoms with Gasteiger partial charge in [-0.05, 0) is 12.2 Å². The highest BCUT2D eigenvalue weighted by molar-refractivity contribution is 5.98. The monoisotopic (exact) mass is 146 g/mol. The van der Waals surface area contributed by atoms with Gasteiger partial charge in [-0.3, -0.25) is 9.79 Å². The molecule has 0 aromatic rings. The van der Waals surface area contributed by atoms with Crippen molar-refractivity contribution >= 4 is 18.3 Å². The fourth-order valence-corrected chi connectivity index (χ4v) is 1.09. The van der Waals surface area contributed by atoms with Gasteiger partial charge in [-0.2, -0.15) is 0 Å². The van der Waals surface area contributed by atoms with Crippen molar-refractivity contribution in [2.75, 3.05) is 0 Å². The van der Waals surface area contributed by atoms with Crippen molar-refractivity contribution in [3.05, 3.63) is 23.9 Å². The third-order valence-corrected chi connectivity index (χ3v) is 1.65. The van der Waals surface area contributed by atoms with Crippen molar-refractivity contribution < 1.29 is 4.79 Å². The number of dihydropyridines is 2. The molecule has 2 aliphatic rings. The Morgan fingerprint density at radius 3 is 3.00 bits per heavy atom. The summed E-state index contributed by atoms with van der Waals surface area (Å²) in [7, 11) is 0. The van der Waals surface area contributed by atoms with E-state index in [-0.39, 0.29) is 11.8 Å². The molecule has 0 aromatic heterocycles. The zero-order valence-corrected chi connectivity index (χ0v) is 5.77. The zero-order valence-electron chi connectivity index (χ0n) is 5.77. The number of fused-ring (bicyclic) bond motifs is 1. The minimum Gasteiger partial charge on any atom is -0.271 e. The third-order valence-electron chi connectivity index (χ3n) is 1.65. The maximum absolute atomic E-state index is 11.1. The van der Waals surface area contributed by atoms with Gasteiger partial charge in [0.15, 0.2) is 0 Å². The molecular formula is C8H6N2O. The summed E-state index contributed by atoms with van der Waals surface area (Å²) in [5.41, 5.74) is 0.785. The highest BCUT2D eigenvalue weighted by Gasteiger charge is 2.22. The number of rotatable bonds is 0. The molecule has 1 amide bonds. The Kier molecular flexibility index (Phi) is 1.28. The first-order valence-corrected chi connectivity index (χ1v) is 3.37. The Hall–Kier alpha value is -1.51. The molecule has 54 valence electrons. The molecule has 0 saturated carbocycles. The molecule has 3 nitrogen and oxygen atoms in total. The first-order valence-electron chi connectivity index (χ1n) is 3.37. The second-order valence-electron chi connectivity index (χ2n) is 2.35. The number of allylic oxidation sites excluding steroid dienone is 2. The van der Waals surface area contributed by atoms with E-state index in [0.29, 0.717) is 0 Å². The fourth-order valence-electron chi connectivity index (χ4n) is 1.09. The van der Waals surface area contributed by atoms with Gasteiger partial charge in [0.25, 0.3) is 5.91 Å². The molecule has 2 rings (SSSR count). The predicted molar refractivity (Wildman–Crippen MR) is 42.7 cm³/mol. The second-order valence-corrected chi connectivity index (χ2v) is 2.35. The van der Waals surface area contributed by atoms with E-state index >= 15 is 0 Å². The van der Waals surface area contributed by atoms with Gasteiger partial charge in [-0.25, -0.2) is 4.99 Å². The van der Waals surface area contributed by atoms with E-state index in [1.165, 1.54) is 6.21 Å². The number of amides is 1. The average Bonchev–Trinajstić information content (AvgIpc) is 2.06. The largest absolute Gasteiger partial charge is 0.271 e. The van der Waals surface area contributed by atoms with E-state index < -0.39 is 0 Å². The van der Waals surface area contributed by atoms with E-state index in [1.807, 2.05) is 0 Å².